The summed E-state index contributed by atoms with van der Waals surface area (Å²) in [5, 5.41) is 9.84. The molecule has 128 valence electrons. The largest absolute Gasteiger partial charge is 0.507 e. The average Bonchev–Trinajstić information content (AvgIpc) is 2.45. The van der Waals surface area contributed by atoms with Crippen LogP contribution in [-0.2, 0) is 5.41 Å². The van der Waals surface area contributed by atoms with Gasteiger partial charge in [-0.05, 0) is 35.4 Å². The number of phenols is 1. The van der Waals surface area contributed by atoms with E-state index in [-0.39, 0.29) is 22.1 Å². The van der Waals surface area contributed by atoms with Gasteiger partial charge in [0.1, 0.15) is 17.1 Å². The maximum atomic E-state index is 12.4. The van der Waals surface area contributed by atoms with Gasteiger partial charge in [-0.2, -0.15) is 0 Å². The normalized spacial score (nSPS) is 12.0. The molecule has 2 aromatic rings. The summed E-state index contributed by atoms with van der Waals surface area (Å²) in [5.74, 6) is -0.0824. The SMILES string of the molecule is CC(C)(C)CC(C)(C)c1ccccc1OC(=O)c1ccccc1O. The van der Waals surface area contributed by atoms with E-state index >= 15 is 0 Å². The van der Waals surface area contributed by atoms with Crippen LogP contribution in [0, 0.1) is 5.41 Å². The lowest BCUT2D eigenvalue weighted by molar-refractivity contribution is 0.0728. The van der Waals surface area contributed by atoms with Gasteiger partial charge >= 0.3 is 5.97 Å². The van der Waals surface area contributed by atoms with E-state index in [0.717, 1.165) is 12.0 Å². The maximum Gasteiger partial charge on any atom is 0.347 e. The molecule has 0 spiro atoms. The second kappa shape index (κ2) is 6.68. The lowest BCUT2D eigenvalue weighted by Gasteiger charge is -2.33. The molecule has 2 aromatic carbocycles. The highest BCUT2D eigenvalue weighted by molar-refractivity contribution is 5.93. The van der Waals surface area contributed by atoms with Crippen LogP contribution in [0.2, 0.25) is 0 Å². The second-order valence-corrected chi connectivity index (χ2v) is 8.02. The second-order valence-electron chi connectivity index (χ2n) is 8.02. The van der Waals surface area contributed by atoms with Crippen LogP contribution in [0.15, 0.2) is 48.5 Å². The number of phenolic OH excluding ortho intramolecular Hbond substituents is 1. The Morgan fingerprint density at radius 2 is 1.54 bits per heavy atom. The number of ether oxygens (including phenoxy) is 1. The van der Waals surface area contributed by atoms with Gasteiger partial charge in [0.05, 0.1) is 0 Å². The summed E-state index contributed by atoms with van der Waals surface area (Å²) in [7, 11) is 0. The number of aromatic hydroxyl groups is 1. The molecule has 0 radical (unpaired) electrons. The van der Waals surface area contributed by atoms with Crippen molar-refractivity contribution in [3.05, 3.63) is 59.7 Å². The van der Waals surface area contributed by atoms with Gasteiger partial charge in [0, 0.05) is 5.56 Å². The topological polar surface area (TPSA) is 46.5 Å². The minimum Gasteiger partial charge on any atom is -0.507 e. The lowest BCUT2D eigenvalue weighted by atomic mass is 9.72. The number of hydrogen-bond donors (Lipinski definition) is 1. The van der Waals surface area contributed by atoms with Gasteiger partial charge in [0.25, 0.3) is 0 Å². The minimum absolute atomic E-state index is 0.0751. The Labute approximate surface area is 144 Å². The van der Waals surface area contributed by atoms with Crippen molar-refractivity contribution in [3.63, 3.8) is 0 Å². The summed E-state index contributed by atoms with van der Waals surface area (Å²) in [6.45, 7) is 10.9. The van der Waals surface area contributed by atoms with E-state index in [2.05, 4.69) is 34.6 Å². The summed E-state index contributed by atoms with van der Waals surface area (Å²) in [4.78, 5) is 12.4. The standard InChI is InChI=1S/C21H26O3/c1-20(2,3)14-21(4,5)16-11-7-9-13-18(16)24-19(23)15-10-6-8-12-17(15)22/h6-13,22H,14H2,1-5H3. The molecular weight excluding hydrogens is 300 g/mol. The van der Waals surface area contributed by atoms with Crippen LogP contribution in [0.5, 0.6) is 11.5 Å². The number of benzene rings is 2. The molecule has 0 bridgehead atoms. The van der Waals surface area contributed by atoms with Crippen LogP contribution in [-0.4, -0.2) is 11.1 Å². The molecule has 3 nitrogen and oxygen atoms in total. The van der Waals surface area contributed by atoms with Crippen LogP contribution < -0.4 is 4.74 Å². The first kappa shape index (κ1) is 18.1. The smallest absolute Gasteiger partial charge is 0.347 e. The van der Waals surface area contributed by atoms with Crippen molar-refractivity contribution in [1.29, 1.82) is 0 Å². The molecule has 0 aliphatic heterocycles. The predicted molar refractivity (Wildman–Crippen MR) is 96.6 cm³/mol. The first-order valence-electron chi connectivity index (χ1n) is 8.20. The summed E-state index contributed by atoms with van der Waals surface area (Å²) in [6, 6.07) is 14.0. The van der Waals surface area contributed by atoms with Crippen LogP contribution >= 0.6 is 0 Å². The van der Waals surface area contributed by atoms with Gasteiger partial charge in [0.2, 0.25) is 0 Å². The Morgan fingerprint density at radius 3 is 2.17 bits per heavy atom. The quantitative estimate of drug-likeness (QED) is 0.610. The van der Waals surface area contributed by atoms with Crippen LogP contribution in [0.3, 0.4) is 0 Å². The van der Waals surface area contributed by atoms with Crippen molar-refractivity contribution in [2.75, 3.05) is 0 Å². The molecule has 0 atom stereocenters. The van der Waals surface area contributed by atoms with E-state index in [1.807, 2.05) is 18.2 Å². The number of para-hydroxylation sites is 2. The molecule has 0 aliphatic carbocycles. The van der Waals surface area contributed by atoms with Gasteiger partial charge in [-0.3, -0.25) is 0 Å². The van der Waals surface area contributed by atoms with Crippen molar-refractivity contribution in [2.45, 2.75) is 46.5 Å². The molecule has 1 N–H and O–H groups in total. The first-order valence-corrected chi connectivity index (χ1v) is 8.20. The molecule has 0 saturated carbocycles. The van der Waals surface area contributed by atoms with E-state index in [9.17, 15) is 9.90 Å². The molecular formula is C21H26O3. The summed E-state index contributed by atoms with van der Waals surface area (Å²) in [6.07, 6.45) is 0.950. The van der Waals surface area contributed by atoms with E-state index in [4.69, 9.17) is 4.74 Å². The van der Waals surface area contributed by atoms with Crippen molar-refractivity contribution in [3.8, 4) is 11.5 Å². The minimum atomic E-state index is -0.549. The molecule has 0 saturated heterocycles. The lowest BCUT2D eigenvalue weighted by Crippen LogP contribution is -2.26. The maximum absolute atomic E-state index is 12.4. The van der Waals surface area contributed by atoms with Crippen molar-refractivity contribution >= 4 is 5.97 Å². The number of carbonyl (C=O) groups is 1. The highest BCUT2D eigenvalue weighted by Gasteiger charge is 2.30. The van der Waals surface area contributed by atoms with Gasteiger partial charge in [0.15, 0.2) is 0 Å². The zero-order chi connectivity index (χ0) is 18.0. The van der Waals surface area contributed by atoms with Crippen LogP contribution in [0.4, 0.5) is 0 Å². The van der Waals surface area contributed by atoms with E-state index in [0.29, 0.717) is 5.75 Å². The molecule has 0 fully saturated rings. The predicted octanol–water partition coefficient (Wildman–Crippen LogP) is 5.33. The first-order chi connectivity index (χ1) is 11.1. The molecule has 3 heteroatoms. The molecule has 2 rings (SSSR count). The summed E-state index contributed by atoms with van der Waals surface area (Å²) < 4.78 is 5.61. The fourth-order valence-electron chi connectivity index (χ4n) is 3.34. The third-order valence-electron chi connectivity index (χ3n) is 3.92. The average molecular weight is 326 g/mol. The van der Waals surface area contributed by atoms with Gasteiger partial charge in [-0.1, -0.05) is 65.0 Å². The Bertz CT molecular complexity index is 724. The Kier molecular flexibility index (Phi) is 5.02. The molecule has 0 unspecified atom stereocenters. The van der Waals surface area contributed by atoms with Crippen LogP contribution in [0.25, 0.3) is 0 Å². The molecule has 24 heavy (non-hydrogen) atoms. The van der Waals surface area contributed by atoms with Gasteiger partial charge in [-0.25, -0.2) is 4.79 Å². The molecule has 0 amide bonds. The Morgan fingerprint density at radius 1 is 0.958 bits per heavy atom. The fraction of sp³-hybridized carbons (Fsp3) is 0.381. The third-order valence-corrected chi connectivity index (χ3v) is 3.92. The Balaban J connectivity index is 2.33. The monoisotopic (exact) mass is 326 g/mol. The zero-order valence-corrected chi connectivity index (χ0v) is 15.1. The zero-order valence-electron chi connectivity index (χ0n) is 15.1. The fourth-order valence-corrected chi connectivity index (χ4v) is 3.34. The highest BCUT2D eigenvalue weighted by atomic mass is 16.5. The highest BCUT2D eigenvalue weighted by Crippen LogP contribution is 2.40. The van der Waals surface area contributed by atoms with E-state index < -0.39 is 5.97 Å². The molecule has 0 aromatic heterocycles. The Hall–Kier alpha value is -2.29. The number of hydrogen-bond acceptors (Lipinski definition) is 3. The van der Waals surface area contributed by atoms with E-state index in [1.54, 1.807) is 24.3 Å². The van der Waals surface area contributed by atoms with E-state index in [1.165, 1.54) is 6.07 Å². The number of rotatable bonds is 4. The molecule has 0 heterocycles. The van der Waals surface area contributed by atoms with Gasteiger partial charge in [-0.15, -0.1) is 0 Å². The third kappa shape index (κ3) is 4.38. The van der Waals surface area contributed by atoms with Crippen molar-refractivity contribution < 1.29 is 14.6 Å². The van der Waals surface area contributed by atoms with Crippen LogP contribution in [0.1, 0.15) is 57.0 Å². The summed E-state index contributed by atoms with van der Waals surface area (Å²) in [5.41, 5.74) is 1.16. The van der Waals surface area contributed by atoms with Crippen molar-refractivity contribution in [2.24, 2.45) is 5.41 Å². The number of carbonyl (C=O) groups excluding carboxylic acids is 1. The summed E-state index contributed by atoms with van der Waals surface area (Å²) >= 11 is 0. The molecule has 0 aliphatic rings. The number of esters is 1. The van der Waals surface area contributed by atoms with Crippen molar-refractivity contribution in [1.82, 2.24) is 0 Å². The van der Waals surface area contributed by atoms with Gasteiger partial charge < -0.3 is 9.84 Å².